The normalized spacial score (nSPS) is 27.3. The first-order chi connectivity index (χ1) is 18.8. The van der Waals surface area contributed by atoms with Crippen molar-refractivity contribution in [3.63, 3.8) is 0 Å². The van der Waals surface area contributed by atoms with E-state index in [2.05, 4.69) is 4.90 Å². The maximum atomic E-state index is 13.4. The van der Waals surface area contributed by atoms with Crippen LogP contribution < -0.4 is 10.1 Å². The van der Waals surface area contributed by atoms with E-state index in [0.717, 1.165) is 35.7 Å². The molecule has 2 aromatic carbocycles. The molecule has 3 heterocycles. The van der Waals surface area contributed by atoms with Gasteiger partial charge in [-0.05, 0) is 29.6 Å². The second kappa shape index (κ2) is 9.33. The molecule has 3 aliphatic rings. The zero-order chi connectivity index (χ0) is 29.0. The minimum Gasteiger partial charge on any atom is -0.489 e. The number of benzene rings is 2. The summed E-state index contributed by atoms with van der Waals surface area (Å²) in [5.41, 5.74) is 1.55. The fourth-order valence-electron chi connectivity index (χ4n) is 4.01. The molecule has 172 valence electrons. The molecule has 33 heavy (non-hydrogen) atoms. The molecule has 1 N–H and O–H groups in total. The van der Waals surface area contributed by atoms with E-state index in [-0.39, 0.29) is 23.5 Å². The van der Waals surface area contributed by atoms with Crippen molar-refractivity contribution in [2.45, 2.75) is 38.5 Å². The van der Waals surface area contributed by atoms with Gasteiger partial charge < -0.3 is 14.4 Å². The Morgan fingerprint density at radius 3 is 2.67 bits per heavy atom. The lowest BCUT2D eigenvalue weighted by molar-refractivity contribution is -0.136. The van der Waals surface area contributed by atoms with E-state index >= 15 is 0 Å². The Balaban J connectivity index is 1.39. The molecule has 2 fully saturated rings. The lowest BCUT2D eigenvalue weighted by atomic mass is 10.0. The highest BCUT2D eigenvalue weighted by atomic mass is 16.5. The Bertz CT molecular complexity index is 1380. The summed E-state index contributed by atoms with van der Waals surface area (Å²) < 4.78 is 68.5. The van der Waals surface area contributed by atoms with E-state index in [1.807, 2.05) is 24.3 Å². The summed E-state index contributed by atoms with van der Waals surface area (Å²) in [6, 6.07) is 3.99. The first-order valence-corrected chi connectivity index (χ1v) is 10.6. The number of rotatable bonds is 6. The van der Waals surface area contributed by atoms with Crippen molar-refractivity contribution in [3.8, 4) is 5.75 Å². The number of imide groups is 1. The summed E-state index contributed by atoms with van der Waals surface area (Å²) in [5.74, 6) is -3.79. The molecule has 0 radical (unpaired) electrons. The Morgan fingerprint density at radius 2 is 1.88 bits per heavy atom. The molecule has 3 amide bonds. The van der Waals surface area contributed by atoms with E-state index in [1.54, 1.807) is 5.32 Å². The minimum absolute atomic E-state index is 0.0249. The third-order valence-electron chi connectivity index (χ3n) is 5.78. The van der Waals surface area contributed by atoms with Gasteiger partial charge in [-0.25, -0.2) is 0 Å². The molecule has 0 spiro atoms. The quantitative estimate of drug-likeness (QED) is 0.668. The monoisotopic (exact) mass is 456 g/mol. The zero-order valence-corrected chi connectivity index (χ0v) is 17.8. The highest BCUT2D eigenvalue weighted by Crippen LogP contribution is 2.34. The Hall–Kier alpha value is -3.23. The van der Waals surface area contributed by atoms with Crippen LogP contribution in [0, 0.1) is 0 Å². The molecule has 0 saturated carbocycles. The number of amides is 3. The molecule has 3 aliphatic heterocycles. The van der Waals surface area contributed by atoms with Gasteiger partial charge >= 0.3 is 0 Å². The highest BCUT2D eigenvalue weighted by molar-refractivity contribution is 6.05. The summed E-state index contributed by atoms with van der Waals surface area (Å²) in [6.07, 6.45) is -6.22. The average molecular weight is 457 g/mol. The summed E-state index contributed by atoms with van der Waals surface area (Å²) in [7, 11) is 0. The van der Waals surface area contributed by atoms with Crippen LogP contribution in [0.5, 0.6) is 5.75 Å². The van der Waals surface area contributed by atoms with E-state index in [4.69, 9.17) is 19.1 Å². The lowest BCUT2D eigenvalue weighted by Crippen LogP contribution is -2.52. The van der Waals surface area contributed by atoms with E-state index < -0.39 is 61.2 Å². The molecule has 2 aromatic rings. The first-order valence-electron chi connectivity index (χ1n) is 14.1. The summed E-state index contributed by atoms with van der Waals surface area (Å²) >= 11 is 0. The van der Waals surface area contributed by atoms with E-state index in [9.17, 15) is 14.4 Å². The summed E-state index contributed by atoms with van der Waals surface area (Å²) in [4.78, 5) is 41.0. The fourth-order valence-corrected chi connectivity index (χ4v) is 4.01. The Morgan fingerprint density at radius 1 is 1.12 bits per heavy atom. The van der Waals surface area contributed by atoms with Crippen LogP contribution in [0.1, 0.15) is 49.4 Å². The maximum absolute atomic E-state index is 13.4. The SMILES string of the molecule is [2H]c1c([2H])c(OCc2ccc(CN3CCOCC3)cc2)c2c(c1[2H])C(=O)N([C@H]1C(=O)NC(=O)C([2H])([2H])C1([2H])[2H])C2. The van der Waals surface area contributed by atoms with Gasteiger partial charge in [-0.1, -0.05) is 30.3 Å². The second-order valence-corrected chi connectivity index (χ2v) is 7.97. The van der Waals surface area contributed by atoms with Crippen LogP contribution in [0.4, 0.5) is 0 Å². The number of piperidine rings is 1. The van der Waals surface area contributed by atoms with Gasteiger partial charge in [0.2, 0.25) is 11.8 Å². The van der Waals surface area contributed by atoms with Gasteiger partial charge in [0.15, 0.2) is 0 Å². The highest BCUT2D eigenvalue weighted by Gasteiger charge is 2.40. The van der Waals surface area contributed by atoms with Crippen molar-refractivity contribution in [2.24, 2.45) is 0 Å². The van der Waals surface area contributed by atoms with Gasteiger partial charge in [-0.2, -0.15) is 0 Å². The van der Waals surface area contributed by atoms with Crippen molar-refractivity contribution in [2.75, 3.05) is 26.3 Å². The smallest absolute Gasteiger partial charge is 0.255 e. The van der Waals surface area contributed by atoms with Gasteiger partial charge in [-0.3, -0.25) is 24.6 Å². The molecule has 0 bridgehead atoms. The van der Waals surface area contributed by atoms with Crippen LogP contribution in [0.15, 0.2) is 42.4 Å². The van der Waals surface area contributed by atoms with Crippen LogP contribution in [-0.2, 0) is 34.0 Å². The lowest BCUT2D eigenvalue weighted by Gasteiger charge is -2.29. The number of fused-ring (bicyclic) bond motifs is 1. The molecule has 8 nitrogen and oxygen atoms in total. The maximum Gasteiger partial charge on any atom is 0.255 e. The molecule has 8 heteroatoms. The number of nitrogens with one attached hydrogen (secondary N) is 1. The van der Waals surface area contributed by atoms with Crippen LogP contribution in [0.2, 0.25) is 0 Å². The van der Waals surface area contributed by atoms with Crippen molar-refractivity contribution in [1.82, 2.24) is 15.1 Å². The van der Waals surface area contributed by atoms with E-state index in [0.29, 0.717) is 13.2 Å². The van der Waals surface area contributed by atoms with Gasteiger partial charge in [0.1, 0.15) is 18.4 Å². The van der Waals surface area contributed by atoms with Crippen LogP contribution in [0.3, 0.4) is 0 Å². The summed E-state index contributed by atoms with van der Waals surface area (Å²) in [6.45, 7) is 3.37. The van der Waals surface area contributed by atoms with Crippen molar-refractivity contribution in [3.05, 3.63) is 64.6 Å². The number of hydrogen-bond donors (Lipinski definition) is 1. The molecule has 0 aromatic heterocycles. The Labute approximate surface area is 202 Å². The molecule has 5 rings (SSSR count). The fraction of sp³-hybridized carbons (Fsp3) is 0.400. The van der Waals surface area contributed by atoms with Gasteiger partial charge in [-0.15, -0.1) is 0 Å². The van der Waals surface area contributed by atoms with Gasteiger partial charge in [0.25, 0.3) is 5.91 Å². The van der Waals surface area contributed by atoms with Gasteiger partial charge in [0.05, 0.1) is 23.9 Å². The standard InChI is InChI=1S/C25H27N3O5/c29-23-9-8-21(24(30)26-23)28-15-20-19(25(28)31)2-1-3-22(20)33-16-18-6-4-17(5-7-18)14-27-10-12-32-13-11-27/h1-7,21H,8-16H2,(H,26,29,30)/t21-/m1/s1/i1D,2D,3D,8D2,9D2. The number of hydrogen-bond acceptors (Lipinski definition) is 6. The largest absolute Gasteiger partial charge is 0.489 e. The topological polar surface area (TPSA) is 88.2 Å². The average Bonchev–Trinajstić information content (AvgIpc) is 3.24. The molecule has 2 saturated heterocycles. The Kier molecular flexibility index (Phi) is 4.19. The predicted octanol–water partition coefficient (Wildman–Crippen LogP) is 1.86. The predicted molar refractivity (Wildman–Crippen MR) is 119 cm³/mol. The van der Waals surface area contributed by atoms with Crippen molar-refractivity contribution < 1.29 is 33.5 Å². The molecular formula is C25H27N3O5. The van der Waals surface area contributed by atoms with Gasteiger partial charge in [0, 0.05) is 42.6 Å². The molecule has 0 unspecified atom stereocenters. The first kappa shape index (κ1) is 14.8. The van der Waals surface area contributed by atoms with Crippen LogP contribution >= 0.6 is 0 Å². The number of nitrogens with zero attached hydrogens (tertiary/aromatic N) is 2. The number of ether oxygens (including phenoxy) is 2. The number of morpholine rings is 1. The zero-order valence-electron chi connectivity index (χ0n) is 24.8. The molecule has 0 aliphatic carbocycles. The third-order valence-corrected chi connectivity index (χ3v) is 5.78. The van der Waals surface area contributed by atoms with Crippen molar-refractivity contribution >= 4 is 17.7 Å². The summed E-state index contributed by atoms with van der Waals surface area (Å²) in [5, 5.41) is 1.78. The number of carbonyl (C=O) groups excluding carboxylic acids is 3. The van der Waals surface area contributed by atoms with E-state index in [1.165, 1.54) is 0 Å². The second-order valence-electron chi connectivity index (χ2n) is 7.97. The molecular weight excluding hydrogens is 422 g/mol. The van der Waals surface area contributed by atoms with Crippen LogP contribution in [-0.4, -0.2) is 59.9 Å². The third kappa shape index (κ3) is 4.62. The van der Waals surface area contributed by atoms with Crippen LogP contribution in [0.25, 0.3) is 0 Å². The molecule has 1 atom stereocenters. The minimum atomic E-state index is -3.13. The van der Waals surface area contributed by atoms with Crippen molar-refractivity contribution in [1.29, 1.82) is 0 Å². The number of carbonyl (C=O) groups is 3.